The van der Waals surface area contributed by atoms with Crippen molar-refractivity contribution in [1.29, 1.82) is 0 Å². The third kappa shape index (κ3) is 4.88. The normalized spacial score (nSPS) is 11.8. The van der Waals surface area contributed by atoms with Gasteiger partial charge in [-0.05, 0) is 98.7 Å². The van der Waals surface area contributed by atoms with Gasteiger partial charge in [-0.25, -0.2) is 4.98 Å². The second-order valence-electron chi connectivity index (χ2n) is 13.6. The van der Waals surface area contributed by atoms with Crippen LogP contribution in [0.3, 0.4) is 0 Å². The van der Waals surface area contributed by atoms with E-state index in [0.717, 1.165) is 72.0 Å². The van der Waals surface area contributed by atoms with Crippen molar-refractivity contribution < 1.29 is 8.83 Å². The summed E-state index contributed by atoms with van der Waals surface area (Å²) >= 11 is 0. The summed E-state index contributed by atoms with van der Waals surface area (Å²) in [5.74, 6) is 0.581. The Labute approximate surface area is 304 Å². The highest BCUT2D eigenvalue weighted by Gasteiger charge is 2.20. The lowest BCUT2D eigenvalue weighted by Crippen LogP contribution is -2.10. The molecule has 11 aromatic rings. The van der Waals surface area contributed by atoms with E-state index in [0.29, 0.717) is 5.89 Å². The standard InChI is InChI=1S/C49H30N2O2/c1-3-12-34-27-37(20-19-31(34)9-1)36-14-7-15-38(29-36)51(39-23-21-32-10-2-4-13-35(32)28-39)40-24-25-42-46(30-40)52-45-18-8-17-43(47(42)45)49-50-44-26-22-33-11-5-6-16-41(33)48(44)53-49/h1-30H. The van der Waals surface area contributed by atoms with Crippen LogP contribution in [-0.2, 0) is 0 Å². The Morgan fingerprint density at radius 2 is 1.06 bits per heavy atom. The molecule has 0 aliphatic carbocycles. The predicted molar refractivity (Wildman–Crippen MR) is 219 cm³/mol. The third-order valence-corrected chi connectivity index (χ3v) is 10.4. The zero-order valence-electron chi connectivity index (χ0n) is 28.5. The van der Waals surface area contributed by atoms with Crippen LogP contribution in [0.4, 0.5) is 17.1 Å². The van der Waals surface area contributed by atoms with Crippen molar-refractivity contribution >= 4 is 82.4 Å². The van der Waals surface area contributed by atoms with E-state index in [4.69, 9.17) is 13.8 Å². The fourth-order valence-corrected chi connectivity index (χ4v) is 7.86. The maximum absolute atomic E-state index is 6.63. The number of oxazole rings is 1. The molecule has 0 aliphatic heterocycles. The van der Waals surface area contributed by atoms with Crippen LogP contribution in [0.1, 0.15) is 0 Å². The number of rotatable bonds is 5. The van der Waals surface area contributed by atoms with E-state index in [1.807, 2.05) is 30.3 Å². The SMILES string of the molecule is c1cc(-c2ccc3ccccc3c2)cc(N(c2ccc3ccccc3c2)c2ccc3c(c2)oc2cccc(-c4nc5ccc6ccccc6c5o4)c23)c1. The van der Waals surface area contributed by atoms with Gasteiger partial charge in [0, 0.05) is 44.9 Å². The molecule has 0 bridgehead atoms. The maximum atomic E-state index is 6.63. The number of aromatic nitrogens is 1. The number of benzene rings is 9. The molecule has 0 saturated heterocycles. The first-order chi connectivity index (χ1) is 26.2. The smallest absolute Gasteiger partial charge is 0.228 e. The molecular weight excluding hydrogens is 649 g/mol. The lowest BCUT2D eigenvalue weighted by Gasteiger charge is -2.26. The van der Waals surface area contributed by atoms with Crippen LogP contribution < -0.4 is 4.90 Å². The minimum absolute atomic E-state index is 0.581. The lowest BCUT2D eigenvalue weighted by molar-refractivity contribution is 0.623. The zero-order chi connectivity index (χ0) is 34.9. The van der Waals surface area contributed by atoms with E-state index in [9.17, 15) is 0 Å². The Morgan fingerprint density at radius 3 is 1.92 bits per heavy atom. The zero-order valence-corrected chi connectivity index (χ0v) is 28.5. The number of nitrogens with zero attached hydrogens (tertiary/aromatic N) is 2. The molecule has 0 spiro atoms. The molecule has 4 nitrogen and oxygen atoms in total. The summed E-state index contributed by atoms with van der Waals surface area (Å²) in [7, 11) is 0. The topological polar surface area (TPSA) is 42.4 Å². The van der Waals surface area contributed by atoms with Gasteiger partial charge in [0.2, 0.25) is 5.89 Å². The minimum Gasteiger partial charge on any atom is -0.456 e. The summed E-state index contributed by atoms with van der Waals surface area (Å²) in [6.07, 6.45) is 0. The summed E-state index contributed by atoms with van der Waals surface area (Å²) in [5.41, 5.74) is 9.57. The molecule has 2 aromatic heterocycles. The van der Waals surface area contributed by atoms with Gasteiger partial charge in [-0.15, -0.1) is 0 Å². The van der Waals surface area contributed by atoms with E-state index in [2.05, 4.69) is 157 Å². The van der Waals surface area contributed by atoms with Gasteiger partial charge in [-0.3, -0.25) is 0 Å². The Hall–Kier alpha value is -7.17. The van der Waals surface area contributed by atoms with Crippen LogP contribution in [0, 0.1) is 0 Å². The molecule has 0 amide bonds. The van der Waals surface area contributed by atoms with Gasteiger partial charge in [-0.1, -0.05) is 115 Å². The fraction of sp³-hybridized carbons (Fsp3) is 0. The molecule has 0 N–H and O–H groups in total. The fourth-order valence-electron chi connectivity index (χ4n) is 7.86. The number of hydrogen-bond donors (Lipinski definition) is 0. The monoisotopic (exact) mass is 678 g/mol. The van der Waals surface area contributed by atoms with Crippen LogP contribution in [0.25, 0.3) is 87.9 Å². The molecule has 248 valence electrons. The second kappa shape index (κ2) is 11.7. The first-order valence-corrected chi connectivity index (χ1v) is 17.9. The third-order valence-electron chi connectivity index (χ3n) is 10.4. The van der Waals surface area contributed by atoms with Gasteiger partial charge in [0.05, 0.1) is 0 Å². The number of hydrogen-bond acceptors (Lipinski definition) is 4. The largest absolute Gasteiger partial charge is 0.456 e. The predicted octanol–water partition coefficient (Wildman–Crippen LogP) is 14.0. The minimum atomic E-state index is 0.581. The van der Waals surface area contributed by atoms with E-state index in [1.165, 1.54) is 27.1 Å². The summed E-state index contributed by atoms with van der Waals surface area (Å²) in [4.78, 5) is 7.27. The molecule has 0 atom stereocenters. The Kier molecular flexibility index (Phi) is 6.52. The van der Waals surface area contributed by atoms with E-state index >= 15 is 0 Å². The average Bonchev–Trinajstić information content (AvgIpc) is 3.83. The van der Waals surface area contributed by atoms with Crippen molar-refractivity contribution in [3.8, 4) is 22.6 Å². The second-order valence-corrected chi connectivity index (χ2v) is 13.6. The summed E-state index contributed by atoms with van der Waals surface area (Å²) in [6, 6.07) is 64.1. The van der Waals surface area contributed by atoms with Crippen molar-refractivity contribution in [2.45, 2.75) is 0 Å². The highest BCUT2D eigenvalue weighted by atomic mass is 16.3. The maximum Gasteiger partial charge on any atom is 0.228 e. The van der Waals surface area contributed by atoms with Gasteiger partial charge in [-0.2, -0.15) is 0 Å². The highest BCUT2D eigenvalue weighted by Crippen LogP contribution is 2.43. The van der Waals surface area contributed by atoms with Crippen LogP contribution in [0.5, 0.6) is 0 Å². The van der Waals surface area contributed by atoms with Crippen molar-refractivity contribution in [2.24, 2.45) is 0 Å². The summed E-state index contributed by atoms with van der Waals surface area (Å²) in [5, 5.41) is 9.02. The van der Waals surface area contributed by atoms with Gasteiger partial charge < -0.3 is 13.7 Å². The molecule has 9 aromatic carbocycles. The Bertz CT molecular complexity index is 3210. The quantitative estimate of drug-likeness (QED) is 0.182. The molecule has 0 radical (unpaired) electrons. The van der Waals surface area contributed by atoms with Crippen molar-refractivity contribution in [3.05, 3.63) is 182 Å². The van der Waals surface area contributed by atoms with Crippen molar-refractivity contribution in [1.82, 2.24) is 4.98 Å². The molecular formula is C49H30N2O2. The van der Waals surface area contributed by atoms with Crippen molar-refractivity contribution in [2.75, 3.05) is 4.90 Å². The molecule has 11 rings (SSSR count). The number of fused-ring (bicyclic) bond motifs is 8. The molecule has 0 fully saturated rings. The number of furan rings is 1. The molecule has 0 saturated carbocycles. The Balaban J connectivity index is 1.07. The van der Waals surface area contributed by atoms with Crippen molar-refractivity contribution in [3.63, 3.8) is 0 Å². The summed E-state index contributed by atoms with van der Waals surface area (Å²) < 4.78 is 13.1. The molecule has 2 heterocycles. The van der Waals surface area contributed by atoms with Gasteiger partial charge in [0.15, 0.2) is 5.58 Å². The molecule has 0 unspecified atom stereocenters. The Morgan fingerprint density at radius 1 is 0.396 bits per heavy atom. The van der Waals surface area contributed by atoms with E-state index < -0.39 is 0 Å². The highest BCUT2D eigenvalue weighted by molar-refractivity contribution is 6.13. The lowest BCUT2D eigenvalue weighted by atomic mass is 10.00. The van der Waals surface area contributed by atoms with E-state index in [1.54, 1.807) is 0 Å². The van der Waals surface area contributed by atoms with Crippen LogP contribution in [0.2, 0.25) is 0 Å². The first-order valence-electron chi connectivity index (χ1n) is 17.9. The van der Waals surface area contributed by atoms with Crippen LogP contribution >= 0.6 is 0 Å². The summed E-state index contributed by atoms with van der Waals surface area (Å²) in [6.45, 7) is 0. The molecule has 0 aliphatic rings. The molecule has 4 heteroatoms. The van der Waals surface area contributed by atoms with Gasteiger partial charge in [0.25, 0.3) is 0 Å². The van der Waals surface area contributed by atoms with E-state index in [-0.39, 0.29) is 0 Å². The van der Waals surface area contributed by atoms with Crippen LogP contribution in [-0.4, -0.2) is 4.98 Å². The first kappa shape index (κ1) is 29.5. The number of anilines is 3. The van der Waals surface area contributed by atoms with Gasteiger partial charge in [0.1, 0.15) is 16.7 Å². The van der Waals surface area contributed by atoms with Crippen LogP contribution in [0.15, 0.2) is 191 Å². The van der Waals surface area contributed by atoms with Gasteiger partial charge >= 0.3 is 0 Å². The average molecular weight is 679 g/mol. The molecule has 53 heavy (non-hydrogen) atoms.